The van der Waals surface area contributed by atoms with Crippen molar-refractivity contribution in [2.24, 2.45) is 0 Å². The lowest BCUT2D eigenvalue weighted by Gasteiger charge is -2.19. The van der Waals surface area contributed by atoms with Crippen molar-refractivity contribution in [3.63, 3.8) is 0 Å². The number of ether oxygens (including phenoxy) is 2. The molecule has 5 aromatic rings. The molecule has 0 saturated carbocycles. The highest BCUT2D eigenvalue weighted by molar-refractivity contribution is 6.39. The lowest BCUT2D eigenvalue weighted by molar-refractivity contribution is 0.0995. The van der Waals surface area contributed by atoms with Crippen molar-refractivity contribution in [2.45, 2.75) is 117 Å². The Kier molecular flexibility index (Phi) is 11.9. The van der Waals surface area contributed by atoms with Gasteiger partial charge < -0.3 is 14.0 Å². The van der Waals surface area contributed by atoms with E-state index in [9.17, 15) is 19.2 Å². The molecule has 2 aliphatic rings. The third kappa shape index (κ3) is 7.38. The summed E-state index contributed by atoms with van der Waals surface area (Å²) in [5, 5.41) is 4.31. The number of carbonyl (C=O) groups is 4. The molecule has 7 heteroatoms. The van der Waals surface area contributed by atoms with Gasteiger partial charge in [-0.25, -0.2) is 0 Å². The Hall–Kier alpha value is -5.04. The smallest absolute Gasteiger partial charge is 0.187 e. The largest absolute Gasteiger partial charge is 0.493 e. The zero-order valence-electron chi connectivity index (χ0n) is 32.7. The van der Waals surface area contributed by atoms with Crippen LogP contribution in [0.25, 0.3) is 43.4 Å². The van der Waals surface area contributed by atoms with Crippen LogP contribution in [0.3, 0.4) is 0 Å². The van der Waals surface area contributed by atoms with E-state index < -0.39 is 0 Å². The van der Waals surface area contributed by atoms with Gasteiger partial charge in [-0.2, -0.15) is 0 Å². The minimum Gasteiger partial charge on any atom is -0.493 e. The maximum absolute atomic E-state index is 14.0. The van der Waals surface area contributed by atoms with E-state index in [4.69, 9.17) is 9.47 Å². The zero-order chi connectivity index (χ0) is 38.5. The Bertz CT molecular complexity index is 2220. The van der Waals surface area contributed by atoms with Crippen molar-refractivity contribution >= 4 is 66.5 Å². The molecule has 4 aromatic carbocycles. The SMILES string of the molecule is CCCCCCCCCCCCn1c2ccc3c(OCCCC)cc4c(c3c2c2c3c5c(cc(OCCCC)c3ccc21)C(=O)C=CC5=O)C(=O)C=CC4=O. The summed E-state index contributed by atoms with van der Waals surface area (Å²) in [5.41, 5.74) is 3.13. The minimum atomic E-state index is -0.247. The van der Waals surface area contributed by atoms with E-state index in [-0.39, 0.29) is 23.1 Å². The number of carbonyl (C=O) groups excluding carboxylic acids is 4. The number of ketones is 4. The quantitative estimate of drug-likeness (QED) is 0.0783. The number of unbranched alkanes of at least 4 members (excludes halogenated alkanes) is 11. The van der Waals surface area contributed by atoms with Crippen LogP contribution < -0.4 is 9.47 Å². The molecule has 7 rings (SSSR count). The van der Waals surface area contributed by atoms with Crippen LogP contribution in [0, 0.1) is 0 Å². The monoisotopic (exact) mass is 739 g/mol. The van der Waals surface area contributed by atoms with Crippen molar-refractivity contribution in [2.75, 3.05) is 13.2 Å². The number of rotatable bonds is 19. The molecular formula is C48H53NO6. The van der Waals surface area contributed by atoms with Crippen LogP contribution >= 0.6 is 0 Å². The van der Waals surface area contributed by atoms with Crippen LogP contribution in [0.1, 0.15) is 152 Å². The number of aromatic nitrogens is 1. The zero-order valence-corrected chi connectivity index (χ0v) is 32.7. The third-order valence-corrected chi connectivity index (χ3v) is 11.4. The van der Waals surface area contributed by atoms with Crippen LogP contribution in [-0.2, 0) is 6.54 Å². The highest BCUT2D eigenvalue weighted by Gasteiger charge is 2.31. The Morgan fingerprint density at radius 2 is 0.855 bits per heavy atom. The maximum atomic E-state index is 14.0. The second-order valence-electron chi connectivity index (χ2n) is 15.2. The number of aryl methyl sites for hydroxylation is 1. The molecule has 0 radical (unpaired) electrons. The predicted molar refractivity (Wildman–Crippen MR) is 223 cm³/mol. The van der Waals surface area contributed by atoms with E-state index in [1.54, 1.807) is 12.1 Å². The van der Waals surface area contributed by atoms with Gasteiger partial charge in [-0.05, 0) is 80.0 Å². The fraction of sp³-hybridized carbons (Fsp3) is 0.417. The average Bonchev–Trinajstić information content (AvgIpc) is 3.52. The summed E-state index contributed by atoms with van der Waals surface area (Å²) in [4.78, 5) is 55.0. The van der Waals surface area contributed by atoms with Crippen LogP contribution in [0.2, 0.25) is 0 Å². The number of nitrogens with zero attached hydrogens (tertiary/aromatic N) is 1. The van der Waals surface area contributed by atoms with Crippen molar-refractivity contribution in [1.82, 2.24) is 4.57 Å². The Morgan fingerprint density at radius 1 is 0.455 bits per heavy atom. The molecule has 0 N–H and O–H groups in total. The molecule has 2 aliphatic carbocycles. The first kappa shape index (κ1) is 38.2. The summed E-state index contributed by atoms with van der Waals surface area (Å²) >= 11 is 0. The van der Waals surface area contributed by atoms with Crippen molar-refractivity contribution in [3.8, 4) is 11.5 Å². The normalized spacial score (nSPS) is 13.9. The number of benzene rings is 4. The molecule has 55 heavy (non-hydrogen) atoms. The second-order valence-corrected chi connectivity index (χ2v) is 15.2. The van der Waals surface area contributed by atoms with Gasteiger partial charge in [-0.3, -0.25) is 19.2 Å². The second kappa shape index (κ2) is 17.2. The standard InChI is InChI=1S/C48H53NO6/c1-4-7-10-11-12-13-14-15-16-17-26-49-35-20-18-31-41(54-27-8-5-2)29-33-37(50)22-24-39(52)43(33)45(31)47(35)48-36(49)21-19-32-42(55-28-9-6-3)30-34-38(51)23-25-40(53)44(34)46(32)48/h18-25,29-30H,4-17,26-28H2,1-3H3. The highest BCUT2D eigenvalue weighted by Crippen LogP contribution is 2.47. The summed E-state index contributed by atoms with van der Waals surface area (Å²) in [5.74, 6) is 0.114. The molecule has 7 nitrogen and oxygen atoms in total. The fourth-order valence-corrected chi connectivity index (χ4v) is 8.47. The van der Waals surface area contributed by atoms with E-state index in [2.05, 4.69) is 37.5 Å². The number of hydrogen-bond donors (Lipinski definition) is 0. The fourth-order valence-electron chi connectivity index (χ4n) is 8.47. The first-order valence-corrected chi connectivity index (χ1v) is 20.7. The average molecular weight is 740 g/mol. The van der Waals surface area contributed by atoms with Gasteiger partial charge in [0.1, 0.15) is 11.5 Å². The third-order valence-electron chi connectivity index (χ3n) is 11.4. The molecule has 0 fully saturated rings. The molecule has 1 aromatic heterocycles. The van der Waals surface area contributed by atoms with Gasteiger partial charge in [0.2, 0.25) is 0 Å². The van der Waals surface area contributed by atoms with E-state index in [1.807, 2.05) is 12.1 Å². The summed E-state index contributed by atoms with van der Waals surface area (Å²) in [7, 11) is 0. The molecule has 0 atom stereocenters. The lowest BCUT2D eigenvalue weighted by atomic mass is 9.85. The van der Waals surface area contributed by atoms with Gasteiger partial charge in [0.15, 0.2) is 23.1 Å². The molecule has 0 unspecified atom stereocenters. The van der Waals surface area contributed by atoms with Crippen molar-refractivity contribution in [3.05, 3.63) is 83.0 Å². The van der Waals surface area contributed by atoms with E-state index in [1.165, 1.54) is 75.7 Å². The van der Waals surface area contributed by atoms with E-state index in [0.29, 0.717) is 57.7 Å². The molecule has 286 valence electrons. The summed E-state index contributed by atoms with van der Waals surface area (Å²) in [6.07, 6.45) is 21.2. The summed E-state index contributed by atoms with van der Waals surface area (Å²) in [6.45, 7) is 8.12. The van der Waals surface area contributed by atoms with Gasteiger partial charge in [0.25, 0.3) is 0 Å². The van der Waals surface area contributed by atoms with Gasteiger partial charge in [-0.1, -0.05) is 91.4 Å². The van der Waals surface area contributed by atoms with E-state index >= 15 is 0 Å². The van der Waals surface area contributed by atoms with Crippen LogP contribution in [-0.4, -0.2) is 40.9 Å². The van der Waals surface area contributed by atoms with Crippen molar-refractivity contribution in [1.29, 1.82) is 0 Å². The molecular weight excluding hydrogens is 687 g/mol. The van der Waals surface area contributed by atoms with Crippen LogP contribution in [0.4, 0.5) is 0 Å². The Morgan fingerprint density at radius 3 is 1.29 bits per heavy atom. The Labute approximate surface area is 323 Å². The van der Waals surface area contributed by atoms with Gasteiger partial charge in [0, 0.05) is 72.1 Å². The minimum absolute atomic E-state index is 0.247. The molecule has 0 saturated heterocycles. The first-order chi connectivity index (χ1) is 26.9. The van der Waals surface area contributed by atoms with Crippen LogP contribution in [0.15, 0.2) is 60.7 Å². The number of allylic oxidation sites excluding steroid dienone is 4. The highest BCUT2D eigenvalue weighted by atomic mass is 16.5. The summed E-state index contributed by atoms with van der Waals surface area (Å²) < 4.78 is 15.1. The number of fused-ring (bicyclic) bond motifs is 11. The van der Waals surface area contributed by atoms with Crippen LogP contribution in [0.5, 0.6) is 11.5 Å². The molecule has 1 heterocycles. The lowest BCUT2D eigenvalue weighted by Crippen LogP contribution is -2.14. The molecule has 0 amide bonds. The Balaban J connectivity index is 1.48. The summed E-state index contributed by atoms with van der Waals surface area (Å²) in [6, 6.07) is 11.6. The first-order valence-electron chi connectivity index (χ1n) is 20.7. The molecule has 0 aliphatic heterocycles. The topological polar surface area (TPSA) is 91.7 Å². The van der Waals surface area contributed by atoms with E-state index in [0.717, 1.165) is 77.6 Å². The van der Waals surface area contributed by atoms with Gasteiger partial charge in [0.05, 0.1) is 13.2 Å². The van der Waals surface area contributed by atoms with Crippen molar-refractivity contribution < 1.29 is 28.7 Å². The molecule has 0 spiro atoms. The van der Waals surface area contributed by atoms with Gasteiger partial charge in [-0.15, -0.1) is 0 Å². The number of hydrogen-bond acceptors (Lipinski definition) is 6. The molecule has 0 bridgehead atoms. The maximum Gasteiger partial charge on any atom is 0.187 e. The predicted octanol–water partition coefficient (Wildman–Crippen LogP) is 12.2. The van der Waals surface area contributed by atoms with Gasteiger partial charge >= 0.3 is 0 Å².